The zero-order chi connectivity index (χ0) is 11.3. The van der Waals surface area contributed by atoms with Gasteiger partial charge in [-0.3, -0.25) is 4.79 Å². The number of nitrogens with one attached hydrogen (secondary N) is 1. The van der Waals surface area contributed by atoms with E-state index in [9.17, 15) is 4.79 Å². The molecule has 0 aromatic carbocycles. The van der Waals surface area contributed by atoms with E-state index in [0.29, 0.717) is 30.2 Å². The van der Waals surface area contributed by atoms with Crippen molar-refractivity contribution in [3.63, 3.8) is 0 Å². The number of carbonyl (C=O) groups excluding carboxylic acids is 1. The molecule has 3 aliphatic carbocycles. The number of rotatable bonds is 4. The van der Waals surface area contributed by atoms with Gasteiger partial charge in [-0.2, -0.15) is 0 Å². The van der Waals surface area contributed by atoms with Crippen LogP contribution in [0.3, 0.4) is 0 Å². The summed E-state index contributed by atoms with van der Waals surface area (Å²) in [7, 11) is 0. The van der Waals surface area contributed by atoms with Crippen LogP contribution in [-0.4, -0.2) is 18.0 Å². The van der Waals surface area contributed by atoms with Gasteiger partial charge in [0.2, 0.25) is 5.91 Å². The Morgan fingerprint density at radius 3 is 2.35 bits per heavy atom. The van der Waals surface area contributed by atoms with Crippen LogP contribution in [0.5, 0.6) is 0 Å². The minimum Gasteiger partial charge on any atom is -0.349 e. The number of carbonyl (C=O) groups is 1. The van der Waals surface area contributed by atoms with Crippen LogP contribution < -0.4 is 11.1 Å². The second-order valence-corrected chi connectivity index (χ2v) is 6.17. The van der Waals surface area contributed by atoms with Gasteiger partial charge in [-0.1, -0.05) is 6.42 Å². The molecule has 0 spiro atoms. The first-order chi connectivity index (χ1) is 7.65. The van der Waals surface area contributed by atoms with E-state index in [1.165, 1.54) is 32.1 Å². The maximum Gasteiger partial charge on any atom is 0.224 e. The van der Waals surface area contributed by atoms with Crippen molar-refractivity contribution in [2.75, 3.05) is 6.54 Å². The summed E-state index contributed by atoms with van der Waals surface area (Å²) in [6, 6.07) is 0. The van der Waals surface area contributed by atoms with E-state index in [-0.39, 0.29) is 23.9 Å². The second kappa shape index (κ2) is 4.43. The Morgan fingerprint density at radius 2 is 1.88 bits per heavy atom. The molecule has 4 heteroatoms. The van der Waals surface area contributed by atoms with Gasteiger partial charge in [-0.05, 0) is 50.4 Å². The molecule has 0 aromatic rings. The molecule has 17 heavy (non-hydrogen) atoms. The van der Waals surface area contributed by atoms with E-state index in [2.05, 4.69) is 12.2 Å². The molecule has 0 heterocycles. The number of nitrogens with two attached hydrogens (primary N) is 1. The minimum absolute atomic E-state index is 0. The van der Waals surface area contributed by atoms with Crippen molar-refractivity contribution >= 4 is 18.3 Å². The Bertz CT molecular complexity index is 309. The Kier molecular flexibility index (Phi) is 3.43. The molecule has 3 unspecified atom stereocenters. The van der Waals surface area contributed by atoms with Gasteiger partial charge in [0.25, 0.3) is 0 Å². The fourth-order valence-corrected chi connectivity index (χ4v) is 3.62. The maximum absolute atomic E-state index is 12.2. The smallest absolute Gasteiger partial charge is 0.224 e. The average molecular weight is 259 g/mol. The molecule has 3 aliphatic rings. The summed E-state index contributed by atoms with van der Waals surface area (Å²) in [5, 5.41) is 3.23. The highest BCUT2D eigenvalue weighted by Crippen LogP contribution is 2.57. The van der Waals surface area contributed by atoms with Crippen molar-refractivity contribution < 1.29 is 4.79 Å². The lowest BCUT2D eigenvalue weighted by Gasteiger charge is -2.30. The van der Waals surface area contributed by atoms with Crippen molar-refractivity contribution in [2.24, 2.45) is 29.4 Å². The Balaban J connectivity index is 0.00000108. The lowest BCUT2D eigenvalue weighted by molar-refractivity contribution is -0.125. The summed E-state index contributed by atoms with van der Waals surface area (Å²) in [4.78, 5) is 12.2. The van der Waals surface area contributed by atoms with Gasteiger partial charge in [0.1, 0.15) is 0 Å². The first-order valence-electron chi connectivity index (χ1n) is 6.68. The molecule has 3 N–H and O–H groups in total. The van der Waals surface area contributed by atoms with E-state index >= 15 is 0 Å². The lowest BCUT2D eigenvalue weighted by Crippen LogP contribution is -2.53. The molecule has 1 amide bonds. The molecular formula is C13H23ClN2O. The predicted molar refractivity (Wildman–Crippen MR) is 69.9 cm³/mol. The van der Waals surface area contributed by atoms with E-state index in [1.54, 1.807) is 0 Å². The number of hydrogen-bond acceptors (Lipinski definition) is 2. The van der Waals surface area contributed by atoms with E-state index in [0.717, 1.165) is 0 Å². The van der Waals surface area contributed by atoms with Crippen molar-refractivity contribution in [2.45, 2.75) is 44.6 Å². The van der Waals surface area contributed by atoms with Crippen LogP contribution in [0.2, 0.25) is 0 Å². The summed E-state index contributed by atoms with van der Waals surface area (Å²) in [5.41, 5.74) is 5.69. The Morgan fingerprint density at radius 1 is 1.29 bits per heavy atom. The monoisotopic (exact) mass is 258 g/mol. The third-order valence-corrected chi connectivity index (χ3v) is 5.02. The quantitative estimate of drug-likeness (QED) is 0.807. The third kappa shape index (κ3) is 2.19. The van der Waals surface area contributed by atoms with Gasteiger partial charge in [0.05, 0.1) is 5.54 Å². The van der Waals surface area contributed by atoms with Gasteiger partial charge in [0.15, 0.2) is 0 Å². The molecular weight excluding hydrogens is 236 g/mol. The predicted octanol–water partition coefficient (Wildman–Crippen LogP) is 1.70. The highest BCUT2D eigenvalue weighted by atomic mass is 35.5. The topological polar surface area (TPSA) is 55.1 Å². The zero-order valence-corrected chi connectivity index (χ0v) is 11.3. The lowest BCUT2D eigenvalue weighted by atomic mass is 9.95. The first kappa shape index (κ1) is 13.2. The van der Waals surface area contributed by atoms with Crippen molar-refractivity contribution in [3.05, 3.63) is 0 Å². The summed E-state index contributed by atoms with van der Waals surface area (Å²) in [6.07, 6.45) is 6.32. The van der Waals surface area contributed by atoms with Crippen LogP contribution in [0, 0.1) is 23.7 Å². The average Bonchev–Trinajstić information content (AvgIpc) is 3.17. The van der Waals surface area contributed by atoms with E-state index in [4.69, 9.17) is 5.73 Å². The summed E-state index contributed by atoms with van der Waals surface area (Å²) >= 11 is 0. The van der Waals surface area contributed by atoms with E-state index < -0.39 is 0 Å². The van der Waals surface area contributed by atoms with Gasteiger partial charge in [-0.25, -0.2) is 0 Å². The molecule has 3 atom stereocenters. The Labute approximate surface area is 109 Å². The molecule has 3 nitrogen and oxygen atoms in total. The number of hydrogen-bond donors (Lipinski definition) is 2. The zero-order valence-electron chi connectivity index (χ0n) is 10.4. The van der Waals surface area contributed by atoms with Gasteiger partial charge < -0.3 is 11.1 Å². The molecule has 98 valence electrons. The maximum atomic E-state index is 12.2. The van der Waals surface area contributed by atoms with Crippen molar-refractivity contribution in [1.29, 1.82) is 0 Å². The first-order valence-corrected chi connectivity index (χ1v) is 6.68. The van der Waals surface area contributed by atoms with Gasteiger partial charge in [0, 0.05) is 12.5 Å². The third-order valence-electron chi connectivity index (χ3n) is 5.02. The SMILES string of the molecule is CC(CN)(NC(=O)C1C2CCCC21)C1CC1.Cl. The molecule has 0 aliphatic heterocycles. The minimum atomic E-state index is -0.131. The van der Waals surface area contributed by atoms with Crippen LogP contribution in [0.1, 0.15) is 39.0 Å². The summed E-state index contributed by atoms with van der Waals surface area (Å²) < 4.78 is 0. The molecule has 0 saturated heterocycles. The largest absolute Gasteiger partial charge is 0.349 e. The fraction of sp³-hybridized carbons (Fsp3) is 0.923. The Hall–Kier alpha value is -0.280. The van der Waals surface area contributed by atoms with Crippen LogP contribution in [0.4, 0.5) is 0 Å². The van der Waals surface area contributed by atoms with Crippen molar-refractivity contribution in [3.8, 4) is 0 Å². The van der Waals surface area contributed by atoms with Crippen molar-refractivity contribution in [1.82, 2.24) is 5.32 Å². The second-order valence-electron chi connectivity index (χ2n) is 6.17. The normalized spacial score (nSPS) is 37.6. The molecule has 0 aromatic heterocycles. The number of halogens is 1. The molecule has 3 saturated carbocycles. The van der Waals surface area contributed by atoms with Crippen LogP contribution in [0.15, 0.2) is 0 Å². The van der Waals surface area contributed by atoms with Crippen LogP contribution in [-0.2, 0) is 4.79 Å². The van der Waals surface area contributed by atoms with Crippen LogP contribution in [0.25, 0.3) is 0 Å². The summed E-state index contributed by atoms with van der Waals surface area (Å²) in [6.45, 7) is 2.69. The van der Waals surface area contributed by atoms with Crippen LogP contribution >= 0.6 is 12.4 Å². The summed E-state index contributed by atoms with van der Waals surface area (Å²) in [5.74, 6) is 2.66. The molecule has 3 rings (SSSR count). The molecule has 3 fully saturated rings. The highest BCUT2D eigenvalue weighted by molar-refractivity contribution is 5.85. The van der Waals surface area contributed by atoms with Gasteiger partial charge in [-0.15, -0.1) is 12.4 Å². The van der Waals surface area contributed by atoms with Gasteiger partial charge >= 0.3 is 0 Å². The standard InChI is InChI=1S/C13H22N2O.ClH/c1-13(7-14,8-5-6-8)15-12(16)11-9-3-2-4-10(9)11;/h8-11H,2-7,14H2,1H3,(H,15,16);1H. The molecule has 0 bridgehead atoms. The molecule has 0 radical (unpaired) electrons. The number of fused-ring (bicyclic) bond motifs is 1. The number of amides is 1. The highest BCUT2D eigenvalue weighted by Gasteiger charge is 2.57. The fourth-order valence-electron chi connectivity index (χ4n) is 3.62. The van der Waals surface area contributed by atoms with E-state index in [1.807, 2.05) is 0 Å².